The Balaban J connectivity index is 1.93. The highest BCUT2D eigenvalue weighted by Crippen LogP contribution is 2.33. The highest BCUT2D eigenvalue weighted by molar-refractivity contribution is 6.30. The fraction of sp³-hybridized carbons (Fsp3) is 0.0714. The van der Waals surface area contributed by atoms with E-state index in [0.717, 1.165) is 6.07 Å². The van der Waals surface area contributed by atoms with Gasteiger partial charge in [0, 0.05) is 11.6 Å². The Bertz CT molecular complexity index is 778. The predicted octanol–water partition coefficient (Wildman–Crippen LogP) is 4.51. The van der Waals surface area contributed by atoms with E-state index in [1.165, 1.54) is 12.4 Å². The molecule has 3 aromatic rings. The van der Waals surface area contributed by atoms with Crippen LogP contribution in [0.25, 0.3) is 11.3 Å². The lowest BCUT2D eigenvalue weighted by atomic mass is 10.1. The molecule has 0 spiro atoms. The van der Waals surface area contributed by atoms with E-state index in [4.69, 9.17) is 16.3 Å². The fourth-order valence-corrected chi connectivity index (χ4v) is 1.84. The zero-order valence-corrected chi connectivity index (χ0v) is 11.7. The van der Waals surface area contributed by atoms with Crippen LogP contribution < -0.4 is 4.74 Å². The molecule has 112 valence electrons. The standard InChI is InChI=1S/C14H8ClF2N3O2/c15-8-6-18-14(19-7-8)21-11-4-2-1-3-9(11)10-5-12(13(16)17)22-20-10/h1-7,13H. The van der Waals surface area contributed by atoms with E-state index in [9.17, 15) is 8.78 Å². The van der Waals surface area contributed by atoms with Crippen molar-refractivity contribution in [1.82, 2.24) is 15.1 Å². The lowest BCUT2D eigenvalue weighted by Crippen LogP contribution is -1.93. The third-order valence-electron chi connectivity index (χ3n) is 2.70. The number of rotatable bonds is 4. The molecule has 0 saturated heterocycles. The van der Waals surface area contributed by atoms with Crippen LogP contribution in [0, 0.1) is 0 Å². The molecule has 2 aromatic heterocycles. The van der Waals surface area contributed by atoms with Crippen LogP contribution in [-0.4, -0.2) is 15.1 Å². The molecule has 0 amide bonds. The van der Waals surface area contributed by atoms with Crippen molar-refractivity contribution in [2.75, 3.05) is 0 Å². The van der Waals surface area contributed by atoms with Crippen LogP contribution in [0.4, 0.5) is 8.78 Å². The molecule has 0 radical (unpaired) electrons. The lowest BCUT2D eigenvalue weighted by molar-refractivity contribution is 0.112. The Hall–Kier alpha value is -2.54. The van der Waals surface area contributed by atoms with Gasteiger partial charge >= 0.3 is 6.01 Å². The number of ether oxygens (including phenoxy) is 1. The molecule has 0 bridgehead atoms. The van der Waals surface area contributed by atoms with Gasteiger partial charge in [0.2, 0.25) is 5.76 Å². The molecular weight excluding hydrogens is 316 g/mol. The summed E-state index contributed by atoms with van der Waals surface area (Å²) in [4.78, 5) is 7.83. The van der Waals surface area contributed by atoms with Crippen LogP contribution in [-0.2, 0) is 0 Å². The summed E-state index contributed by atoms with van der Waals surface area (Å²) >= 11 is 5.70. The number of hydrogen-bond acceptors (Lipinski definition) is 5. The highest BCUT2D eigenvalue weighted by Gasteiger charge is 2.17. The summed E-state index contributed by atoms with van der Waals surface area (Å²) in [5, 5.41) is 4.00. The fourth-order valence-electron chi connectivity index (χ4n) is 1.74. The third kappa shape index (κ3) is 3.04. The molecule has 0 aliphatic carbocycles. The van der Waals surface area contributed by atoms with E-state index < -0.39 is 12.2 Å². The molecular formula is C14H8ClF2N3O2. The SMILES string of the molecule is FC(F)c1cc(-c2ccccc2Oc2ncc(Cl)cn2)no1. The van der Waals surface area contributed by atoms with Crippen LogP contribution in [0.5, 0.6) is 11.8 Å². The summed E-state index contributed by atoms with van der Waals surface area (Å²) in [6.07, 6.45) is 0.0450. The molecule has 1 aromatic carbocycles. The first-order chi connectivity index (χ1) is 10.6. The van der Waals surface area contributed by atoms with Gasteiger partial charge in [-0.3, -0.25) is 0 Å². The Kier molecular flexibility index (Phi) is 3.97. The quantitative estimate of drug-likeness (QED) is 0.706. The molecule has 8 heteroatoms. The molecule has 0 fully saturated rings. The van der Waals surface area contributed by atoms with Gasteiger partial charge in [-0.15, -0.1) is 0 Å². The van der Waals surface area contributed by atoms with Gasteiger partial charge in [-0.05, 0) is 12.1 Å². The Morgan fingerprint density at radius 3 is 2.55 bits per heavy atom. The summed E-state index contributed by atoms with van der Waals surface area (Å²) in [5.41, 5.74) is 0.719. The Morgan fingerprint density at radius 2 is 1.86 bits per heavy atom. The first-order valence-electron chi connectivity index (χ1n) is 6.13. The smallest absolute Gasteiger partial charge is 0.321 e. The van der Waals surface area contributed by atoms with Crippen molar-refractivity contribution >= 4 is 11.6 Å². The molecule has 2 heterocycles. The summed E-state index contributed by atoms with van der Waals surface area (Å²) in [5.74, 6) is -0.147. The number of halogens is 3. The van der Waals surface area contributed by atoms with Gasteiger partial charge in [-0.2, -0.15) is 0 Å². The van der Waals surface area contributed by atoms with Crippen molar-refractivity contribution < 1.29 is 18.0 Å². The number of hydrogen-bond donors (Lipinski definition) is 0. The van der Waals surface area contributed by atoms with Crippen molar-refractivity contribution in [2.45, 2.75) is 6.43 Å². The predicted molar refractivity (Wildman–Crippen MR) is 74.0 cm³/mol. The molecule has 0 aliphatic rings. The minimum absolute atomic E-state index is 0.0782. The van der Waals surface area contributed by atoms with Crippen LogP contribution >= 0.6 is 11.6 Å². The van der Waals surface area contributed by atoms with E-state index in [-0.39, 0.29) is 11.7 Å². The van der Waals surface area contributed by atoms with E-state index in [1.807, 2.05) is 0 Å². The summed E-state index contributed by atoms with van der Waals surface area (Å²) < 4.78 is 35.3. The molecule has 22 heavy (non-hydrogen) atoms. The molecule has 0 saturated carbocycles. The van der Waals surface area contributed by atoms with Gasteiger partial charge in [-0.25, -0.2) is 18.7 Å². The second-order valence-corrected chi connectivity index (χ2v) is 4.63. The Morgan fingerprint density at radius 1 is 1.14 bits per heavy atom. The maximum absolute atomic E-state index is 12.6. The van der Waals surface area contributed by atoms with Crippen LogP contribution in [0.2, 0.25) is 5.02 Å². The molecule has 3 rings (SSSR count). The number of para-hydroxylation sites is 1. The first kappa shape index (κ1) is 14.4. The van der Waals surface area contributed by atoms with Gasteiger partial charge in [0.25, 0.3) is 6.43 Å². The largest absolute Gasteiger partial charge is 0.424 e. The van der Waals surface area contributed by atoms with Crippen molar-refractivity contribution in [3.05, 3.63) is 53.5 Å². The second kappa shape index (κ2) is 6.07. The minimum atomic E-state index is -2.73. The maximum atomic E-state index is 12.6. The average molecular weight is 324 g/mol. The summed E-state index contributed by atoms with van der Waals surface area (Å²) in [6, 6.07) is 8.00. The number of alkyl halides is 2. The summed E-state index contributed by atoms with van der Waals surface area (Å²) in [7, 11) is 0. The van der Waals surface area contributed by atoms with Crippen molar-refractivity contribution in [3.63, 3.8) is 0 Å². The zero-order chi connectivity index (χ0) is 15.5. The van der Waals surface area contributed by atoms with Crippen LogP contribution in [0.15, 0.2) is 47.2 Å². The highest BCUT2D eigenvalue weighted by atomic mass is 35.5. The lowest BCUT2D eigenvalue weighted by Gasteiger charge is -2.07. The van der Waals surface area contributed by atoms with E-state index in [2.05, 4.69) is 19.6 Å². The molecule has 0 aliphatic heterocycles. The monoisotopic (exact) mass is 323 g/mol. The van der Waals surface area contributed by atoms with E-state index in [0.29, 0.717) is 16.3 Å². The van der Waals surface area contributed by atoms with Crippen molar-refractivity contribution in [3.8, 4) is 23.0 Å². The van der Waals surface area contributed by atoms with E-state index in [1.54, 1.807) is 24.3 Å². The normalized spacial score (nSPS) is 10.9. The van der Waals surface area contributed by atoms with E-state index >= 15 is 0 Å². The van der Waals surface area contributed by atoms with Crippen molar-refractivity contribution in [1.29, 1.82) is 0 Å². The molecule has 0 N–H and O–H groups in total. The van der Waals surface area contributed by atoms with Gasteiger partial charge in [-0.1, -0.05) is 28.9 Å². The summed E-state index contributed by atoms with van der Waals surface area (Å²) in [6.45, 7) is 0. The van der Waals surface area contributed by atoms with Gasteiger partial charge in [0.1, 0.15) is 11.4 Å². The van der Waals surface area contributed by atoms with Crippen LogP contribution in [0.1, 0.15) is 12.2 Å². The topological polar surface area (TPSA) is 61.0 Å². The molecule has 5 nitrogen and oxygen atoms in total. The maximum Gasteiger partial charge on any atom is 0.321 e. The average Bonchev–Trinajstić information content (AvgIpc) is 3.00. The zero-order valence-electron chi connectivity index (χ0n) is 10.9. The molecule has 0 atom stereocenters. The minimum Gasteiger partial charge on any atom is -0.424 e. The van der Waals surface area contributed by atoms with Gasteiger partial charge < -0.3 is 9.26 Å². The molecule has 0 unspecified atom stereocenters. The number of benzene rings is 1. The third-order valence-corrected chi connectivity index (χ3v) is 2.90. The van der Waals surface area contributed by atoms with Gasteiger partial charge in [0.05, 0.1) is 17.4 Å². The first-order valence-corrected chi connectivity index (χ1v) is 6.51. The number of nitrogens with zero attached hydrogens (tertiary/aromatic N) is 3. The van der Waals surface area contributed by atoms with Gasteiger partial charge in [0.15, 0.2) is 0 Å². The number of aromatic nitrogens is 3. The van der Waals surface area contributed by atoms with Crippen LogP contribution in [0.3, 0.4) is 0 Å². The second-order valence-electron chi connectivity index (χ2n) is 4.20. The Labute approximate surface area is 128 Å². The van der Waals surface area contributed by atoms with Crippen molar-refractivity contribution in [2.24, 2.45) is 0 Å².